The third-order valence-electron chi connectivity index (χ3n) is 5.65. The summed E-state index contributed by atoms with van der Waals surface area (Å²) < 4.78 is 23.9. The van der Waals surface area contributed by atoms with Crippen molar-refractivity contribution in [3.8, 4) is 0 Å². The molecule has 1 aromatic heterocycles. The van der Waals surface area contributed by atoms with Crippen LogP contribution in [0.2, 0.25) is 0 Å². The largest absolute Gasteiger partial charge is 0.394 e. The molecular formula is C22H28N2O4S. The molecular weight excluding hydrogens is 388 g/mol. The molecule has 0 saturated carbocycles. The summed E-state index contributed by atoms with van der Waals surface area (Å²) in [5.41, 5.74) is 3.32. The lowest BCUT2D eigenvalue weighted by Crippen LogP contribution is -2.31. The first-order valence-corrected chi connectivity index (χ1v) is 11.6. The van der Waals surface area contributed by atoms with E-state index in [0.29, 0.717) is 23.0 Å². The highest BCUT2D eigenvalue weighted by Crippen LogP contribution is 2.36. The monoisotopic (exact) mass is 416 g/mol. The summed E-state index contributed by atoms with van der Waals surface area (Å²) in [6.45, 7) is 5.67. The van der Waals surface area contributed by atoms with Gasteiger partial charge in [-0.3, -0.25) is 9.78 Å². The highest BCUT2D eigenvalue weighted by molar-refractivity contribution is 7.91. The van der Waals surface area contributed by atoms with Gasteiger partial charge < -0.3 is 10.4 Å². The molecule has 2 N–H and O–H groups in total. The number of hydrogen-bond acceptors (Lipinski definition) is 5. The molecule has 156 valence electrons. The van der Waals surface area contributed by atoms with Gasteiger partial charge in [0.25, 0.3) is 5.91 Å². The van der Waals surface area contributed by atoms with Crippen molar-refractivity contribution < 1.29 is 18.3 Å². The predicted molar refractivity (Wildman–Crippen MR) is 112 cm³/mol. The highest BCUT2D eigenvalue weighted by atomic mass is 32.2. The number of benzene rings is 1. The van der Waals surface area contributed by atoms with Crippen molar-refractivity contribution in [2.45, 2.75) is 50.5 Å². The van der Waals surface area contributed by atoms with E-state index in [1.165, 1.54) is 12.1 Å². The fourth-order valence-electron chi connectivity index (χ4n) is 3.83. The minimum atomic E-state index is -3.29. The molecule has 0 bridgehead atoms. The van der Waals surface area contributed by atoms with Crippen LogP contribution in [0.4, 0.5) is 0 Å². The molecule has 1 heterocycles. The molecule has 1 amide bonds. The maximum atomic E-state index is 12.7. The molecule has 6 nitrogen and oxygen atoms in total. The van der Waals surface area contributed by atoms with Crippen molar-refractivity contribution >= 4 is 15.7 Å². The van der Waals surface area contributed by atoms with Crippen LogP contribution in [0.15, 0.2) is 41.4 Å². The molecule has 2 aromatic rings. The van der Waals surface area contributed by atoms with Crippen molar-refractivity contribution in [2.75, 3.05) is 12.4 Å². The Hall–Kier alpha value is -2.25. The van der Waals surface area contributed by atoms with Crippen LogP contribution in [-0.4, -0.2) is 36.8 Å². The van der Waals surface area contributed by atoms with Crippen LogP contribution in [0.1, 0.15) is 66.3 Å². The smallest absolute Gasteiger partial charge is 0.253 e. The van der Waals surface area contributed by atoms with E-state index in [4.69, 9.17) is 0 Å². The summed E-state index contributed by atoms with van der Waals surface area (Å²) in [6, 6.07) is 7.52. The molecule has 7 heteroatoms. The normalized spacial score (nSPS) is 17.2. The average Bonchev–Trinajstić information content (AvgIpc) is 3.15. The van der Waals surface area contributed by atoms with Gasteiger partial charge in [-0.25, -0.2) is 8.42 Å². The van der Waals surface area contributed by atoms with E-state index in [9.17, 15) is 18.3 Å². The fourth-order valence-corrected chi connectivity index (χ4v) is 4.71. The average molecular weight is 417 g/mol. The van der Waals surface area contributed by atoms with Gasteiger partial charge in [0.05, 0.1) is 28.9 Å². The van der Waals surface area contributed by atoms with Crippen LogP contribution in [0.5, 0.6) is 0 Å². The molecule has 1 aliphatic rings. The second-order valence-corrected chi connectivity index (χ2v) is 10.1. The maximum Gasteiger partial charge on any atom is 0.253 e. The third kappa shape index (κ3) is 4.51. The fraction of sp³-hybridized carbons (Fsp3) is 0.455. The number of aryl methyl sites for hydroxylation is 1. The number of carbonyl (C=O) groups excluding carboxylic acids is 1. The van der Waals surface area contributed by atoms with E-state index in [0.717, 1.165) is 24.1 Å². The van der Waals surface area contributed by atoms with E-state index in [1.807, 2.05) is 6.07 Å². The molecule has 0 fully saturated rings. The first-order valence-electron chi connectivity index (χ1n) is 10.00. The quantitative estimate of drug-likeness (QED) is 0.723. The molecule has 2 atom stereocenters. The van der Waals surface area contributed by atoms with E-state index < -0.39 is 15.9 Å². The van der Waals surface area contributed by atoms with Gasteiger partial charge in [-0.05, 0) is 48.1 Å². The van der Waals surface area contributed by atoms with Gasteiger partial charge in [-0.1, -0.05) is 32.9 Å². The zero-order valence-electron chi connectivity index (χ0n) is 17.1. The Bertz CT molecular complexity index is 984. The van der Waals surface area contributed by atoms with Crippen molar-refractivity contribution in [3.05, 3.63) is 58.9 Å². The number of aliphatic hydroxyl groups excluding tert-OH is 1. The van der Waals surface area contributed by atoms with Crippen molar-refractivity contribution in [1.82, 2.24) is 10.3 Å². The third-order valence-corrected chi connectivity index (χ3v) is 7.40. The highest BCUT2D eigenvalue weighted by Gasteiger charge is 2.27. The second-order valence-electron chi connectivity index (χ2n) is 7.84. The first-order chi connectivity index (χ1) is 13.8. The number of carbonyl (C=O) groups is 1. The van der Waals surface area contributed by atoms with Gasteiger partial charge in [0.1, 0.15) is 0 Å². The number of nitrogens with one attached hydrogen (secondary N) is 1. The second kappa shape index (κ2) is 8.63. The topological polar surface area (TPSA) is 96.4 Å². The number of sulfone groups is 1. The number of nitrogens with zero attached hydrogens (tertiary/aromatic N) is 1. The lowest BCUT2D eigenvalue weighted by Gasteiger charge is -2.18. The summed E-state index contributed by atoms with van der Waals surface area (Å²) in [6.07, 6.45) is 3.57. The SMILES string of the molecule is CCS(=O)(=O)c1ccc([C@H](CO)NC(=O)c2cnc3c(c2)CC[C@H]3C(C)C)cc1. The van der Waals surface area contributed by atoms with E-state index >= 15 is 0 Å². The van der Waals surface area contributed by atoms with Gasteiger partial charge in [0, 0.05) is 17.8 Å². The van der Waals surface area contributed by atoms with Crippen LogP contribution in [-0.2, 0) is 16.3 Å². The van der Waals surface area contributed by atoms with Crippen LogP contribution in [0.25, 0.3) is 0 Å². The lowest BCUT2D eigenvalue weighted by atomic mass is 9.93. The van der Waals surface area contributed by atoms with Gasteiger partial charge in [0.2, 0.25) is 0 Å². The van der Waals surface area contributed by atoms with Gasteiger partial charge in [-0.15, -0.1) is 0 Å². The number of fused-ring (bicyclic) bond motifs is 1. The number of aromatic nitrogens is 1. The van der Waals surface area contributed by atoms with Gasteiger partial charge in [-0.2, -0.15) is 0 Å². The van der Waals surface area contributed by atoms with Crippen molar-refractivity contribution in [1.29, 1.82) is 0 Å². The molecule has 0 radical (unpaired) electrons. The zero-order chi connectivity index (χ0) is 21.2. The molecule has 3 rings (SSSR count). The summed E-state index contributed by atoms with van der Waals surface area (Å²) in [5.74, 6) is 0.666. The summed E-state index contributed by atoms with van der Waals surface area (Å²) >= 11 is 0. The standard InChI is InChI=1S/C22H28N2O4S/c1-4-29(27,28)18-8-5-15(6-9-18)20(13-25)24-22(26)17-11-16-7-10-19(14(2)3)21(16)23-12-17/h5-6,8-9,11-12,14,19-20,25H,4,7,10,13H2,1-3H3,(H,24,26)/t19-,20-/m0/s1. The molecule has 29 heavy (non-hydrogen) atoms. The van der Waals surface area contributed by atoms with E-state index in [2.05, 4.69) is 24.1 Å². The Morgan fingerprint density at radius 2 is 1.97 bits per heavy atom. The molecule has 0 unspecified atom stereocenters. The number of rotatable bonds is 7. The molecule has 1 aromatic carbocycles. The van der Waals surface area contributed by atoms with Crippen LogP contribution >= 0.6 is 0 Å². The summed E-state index contributed by atoms with van der Waals surface area (Å²) in [4.78, 5) is 17.5. The van der Waals surface area contributed by atoms with Crippen molar-refractivity contribution in [2.24, 2.45) is 5.92 Å². The predicted octanol–water partition coefficient (Wildman–Crippen LogP) is 3.02. The minimum Gasteiger partial charge on any atom is -0.394 e. The summed E-state index contributed by atoms with van der Waals surface area (Å²) in [5, 5.41) is 12.6. The number of amides is 1. The number of hydrogen-bond donors (Lipinski definition) is 2. The number of pyridine rings is 1. The molecule has 0 saturated heterocycles. The van der Waals surface area contributed by atoms with E-state index in [1.54, 1.807) is 25.3 Å². The molecule has 1 aliphatic carbocycles. The van der Waals surface area contributed by atoms with Crippen LogP contribution in [0.3, 0.4) is 0 Å². The maximum absolute atomic E-state index is 12.7. The zero-order valence-corrected chi connectivity index (χ0v) is 17.9. The van der Waals surface area contributed by atoms with E-state index in [-0.39, 0.29) is 23.2 Å². The van der Waals surface area contributed by atoms with Gasteiger partial charge >= 0.3 is 0 Å². The Morgan fingerprint density at radius 1 is 1.28 bits per heavy atom. The summed E-state index contributed by atoms with van der Waals surface area (Å²) in [7, 11) is -3.29. The Labute approximate surface area is 172 Å². The Morgan fingerprint density at radius 3 is 2.55 bits per heavy atom. The Kier molecular flexibility index (Phi) is 6.39. The minimum absolute atomic E-state index is 0.0233. The molecule has 0 spiro atoms. The van der Waals surface area contributed by atoms with Crippen LogP contribution in [0, 0.1) is 5.92 Å². The molecule has 0 aliphatic heterocycles. The van der Waals surface area contributed by atoms with Crippen molar-refractivity contribution in [3.63, 3.8) is 0 Å². The first kappa shape index (κ1) is 21.5. The van der Waals surface area contributed by atoms with Gasteiger partial charge in [0.15, 0.2) is 9.84 Å². The number of aliphatic hydroxyl groups is 1. The van der Waals surface area contributed by atoms with Crippen LogP contribution < -0.4 is 5.32 Å². The lowest BCUT2D eigenvalue weighted by molar-refractivity contribution is 0.0915. The Balaban J connectivity index is 1.75.